The summed E-state index contributed by atoms with van der Waals surface area (Å²) in [5.74, 6) is 0.569. The van der Waals surface area contributed by atoms with Gasteiger partial charge in [0.1, 0.15) is 0 Å². The SMILES string of the molecule is Cn1cc(C(=O)NCC2CC2)ccc1=O. The lowest BCUT2D eigenvalue weighted by atomic mass is 10.2. The predicted octanol–water partition coefficient (Wildman–Crippen LogP) is 0.525. The Labute approximate surface area is 87.9 Å². The van der Waals surface area contributed by atoms with E-state index < -0.39 is 0 Å². The Morgan fingerprint density at radius 3 is 2.87 bits per heavy atom. The number of rotatable bonds is 3. The van der Waals surface area contributed by atoms with E-state index >= 15 is 0 Å². The first-order valence-corrected chi connectivity index (χ1v) is 5.11. The van der Waals surface area contributed by atoms with Gasteiger partial charge in [0.25, 0.3) is 5.91 Å². The summed E-state index contributed by atoms with van der Waals surface area (Å²) in [5.41, 5.74) is 0.437. The number of amides is 1. The van der Waals surface area contributed by atoms with Crippen LogP contribution in [0.25, 0.3) is 0 Å². The van der Waals surface area contributed by atoms with E-state index in [-0.39, 0.29) is 11.5 Å². The molecule has 1 fully saturated rings. The lowest BCUT2D eigenvalue weighted by molar-refractivity contribution is 0.0951. The first kappa shape index (κ1) is 9.96. The summed E-state index contributed by atoms with van der Waals surface area (Å²) in [7, 11) is 1.64. The van der Waals surface area contributed by atoms with Crippen molar-refractivity contribution in [3.63, 3.8) is 0 Å². The highest BCUT2D eigenvalue weighted by Gasteiger charge is 2.21. The average molecular weight is 206 g/mol. The molecule has 1 heterocycles. The molecule has 80 valence electrons. The molecule has 0 aliphatic heterocycles. The van der Waals surface area contributed by atoms with Crippen molar-refractivity contribution in [2.45, 2.75) is 12.8 Å². The van der Waals surface area contributed by atoms with Gasteiger partial charge < -0.3 is 9.88 Å². The second-order valence-electron chi connectivity index (χ2n) is 4.02. The fraction of sp³-hybridized carbons (Fsp3) is 0.455. The Morgan fingerprint density at radius 1 is 1.53 bits per heavy atom. The van der Waals surface area contributed by atoms with Crippen LogP contribution >= 0.6 is 0 Å². The third-order valence-electron chi connectivity index (χ3n) is 2.60. The number of hydrogen-bond donors (Lipinski definition) is 1. The van der Waals surface area contributed by atoms with Crippen LogP contribution in [-0.2, 0) is 7.05 Å². The molecular formula is C11H14N2O2. The van der Waals surface area contributed by atoms with Gasteiger partial charge >= 0.3 is 0 Å². The minimum absolute atomic E-state index is 0.0995. The van der Waals surface area contributed by atoms with Gasteiger partial charge in [-0.25, -0.2) is 0 Å². The van der Waals surface area contributed by atoms with Crippen molar-refractivity contribution in [2.24, 2.45) is 13.0 Å². The van der Waals surface area contributed by atoms with Crippen LogP contribution in [-0.4, -0.2) is 17.0 Å². The lowest BCUT2D eigenvalue weighted by Gasteiger charge is -2.04. The number of carbonyl (C=O) groups is 1. The minimum atomic E-state index is -0.103. The Balaban J connectivity index is 2.03. The van der Waals surface area contributed by atoms with Gasteiger partial charge in [0.15, 0.2) is 0 Å². The van der Waals surface area contributed by atoms with Gasteiger partial charge in [0.2, 0.25) is 5.56 Å². The van der Waals surface area contributed by atoms with Gasteiger partial charge in [0, 0.05) is 25.9 Å². The summed E-state index contributed by atoms with van der Waals surface area (Å²) >= 11 is 0. The van der Waals surface area contributed by atoms with E-state index in [4.69, 9.17) is 0 Å². The Morgan fingerprint density at radius 2 is 2.27 bits per heavy atom. The number of nitrogens with one attached hydrogen (secondary N) is 1. The summed E-state index contributed by atoms with van der Waals surface area (Å²) < 4.78 is 1.41. The van der Waals surface area contributed by atoms with Gasteiger partial charge in [0.05, 0.1) is 5.56 Å². The van der Waals surface area contributed by atoms with Crippen LogP contribution in [0.15, 0.2) is 23.1 Å². The molecule has 4 nitrogen and oxygen atoms in total. The molecule has 0 radical (unpaired) electrons. The molecule has 0 atom stereocenters. The third-order valence-corrected chi connectivity index (χ3v) is 2.60. The largest absolute Gasteiger partial charge is 0.352 e. The molecule has 1 N–H and O–H groups in total. The highest BCUT2D eigenvalue weighted by atomic mass is 16.2. The van der Waals surface area contributed by atoms with Gasteiger partial charge in [-0.3, -0.25) is 9.59 Å². The van der Waals surface area contributed by atoms with Crippen molar-refractivity contribution >= 4 is 5.91 Å². The van der Waals surface area contributed by atoms with Crippen molar-refractivity contribution in [1.29, 1.82) is 0 Å². The molecule has 1 aliphatic carbocycles. The van der Waals surface area contributed by atoms with E-state index in [1.807, 2.05) is 0 Å². The standard InChI is InChI=1S/C11H14N2O2/c1-13-7-9(4-5-10(13)14)11(15)12-6-8-2-3-8/h4-5,7-8H,2-3,6H2,1H3,(H,12,15). The fourth-order valence-corrected chi connectivity index (χ4v) is 1.39. The second kappa shape index (κ2) is 3.88. The van der Waals surface area contributed by atoms with E-state index in [2.05, 4.69) is 5.32 Å². The molecular weight excluding hydrogens is 192 g/mol. The van der Waals surface area contributed by atoms with Crippen LogP contribution in [0.5, 0.6) is 0 Å². The summed E-state index contributed by atoms with van der Waals surface area (Å²) in [4.78, 5) is 22.7. The number of carbonyl (C=O) groups excluding carboxylic acids is 1. The van der Waals surface area contributed by atoms with E-state index in [1.54, 1.807) is 19.3 Å². The molecule has 0 aromatic carbocycles. The predicted molar refractivity (Wildman–Crippen MR) is 56.7 cm³/mol. The molecule has 1 amide bonds. The fourth-order valence-electron chi connectivity index (χ4n) is 1.39. The maximum atomic E-state index is 11.6. The molecule has 2 rings (SSSR count). The monoisotopic (exact) mass is 206 g/mol. The Hall–Kier alpha value is -1.58. The Bertz CT molecular complexity index is 432. The summed E-state index contributed by atoms with van der Waals surface area (Å²) in [5, 5.41) is 2.85. The summed E-state index contributed by atoms with van der Waals surface area (Å²) in [6, 6.07) is 2.97. The molecule has 0 bridgehead atoms. The van der Waals surface area contributed by atoms with Crippen LogP contribution in [0.1, 0.15) is 23.2 Å². The molecule has 4 heteroatoms. The summed E-state index contributed by atoms with van der Waals surface area (Å²) in [6.07, 6.45) is 3.99. The third kappa shape index (κ3) is 2.46. The molecule has 1 aromatic rings. The average Bonchev–Trinajstić information content (AvgIpc) is 3.02. The van der Waals surface area contributed by atoms with E-state index in [1.165, 1.54) is 23.5 Å². The number of aryl methyl sites for hydroxylation is 1. The van der Waals surface area contributed by atoms with Crippen molar-refractivity contribution < 1.29 is 4.79 Å². The molecule has 0 saturated heterocycles. The quantitative estimate of drug-likeness (QED) is 0.784. The maximum absolute atomic E-state index is 11.6. The zero-order valence-corrected chi connectivity index (χ0v) is 8.69. The smallest absolute Gasteiger partial charge is 0.252 e. The van der Waals surface area contributed by atoms with Crippen molar-refractivity contribution in [2.75, 3.05) is 6.54 Å². The number of aromatic nitrogens is 1. The maximum Gasteiger partial charge on any atom is 0.252 e. The molecule has 0 unspecified atom stereocenters. The van der Waals surface area contributed by atoms with Gasteiger partial charge in [-0.1, -0.05) is 0 Å². The summed E-state index contributed by atoms with van der Waals surface area (Å²) in [6.45, 7) is 0.752. The van der Waals surface area contributed by atoms with Crippen molar-refractivity contribution in [1.82, 2.24) is 9.88 Å². The van der Waals surface area contributed by atoms with E-state index in [9.17, 15) is 9.59 Å². The van der Waals surface area contributed by atoms with E-state index in [0.717, 1.165) is 6.54 Å². The lowest BCUT2D eigenvalue weighted by Crippen LogP contribution is -2.27. The topological polar surface area (TPSA) is 51.1 Å². The van der Waals surface area contributed by atoms with Crippen molar-refractivity contribution in [3.8, 4) is 0 Å². The number of pyridine rings is 1. The van der Waals surface area contributed by atoms with Gasteiger partial charge in [-0.2, -0.15) is 0 Å². The minimum Gasteiger partial charge on any atom is -0.352 e. The normalized spacial score (nSPS) is 15.0. The highest BCUT2D eigenvalue weighted by Crippen LogP contribution is 2.27. The number of nitrogens with zero attached hydrogens (tertiary/aromatic N) is 1. The Kier molecular flexibility index (Phi) is 2.58. The zero-order valence-electron chi connectivity index (χ0n) is 8.69. The van der Waals surface area contributed by atoms with Crippen molar-refractivity contribution in [3.05, 3.63) is 34.2 Å². The first-order chi connectivity index (χ1) is 7.16. The van der Waals surface area contributed by atoms with Gasteiger partial charge in [-0.15, -0.1) is 0 Å². The van der Waals surface area contributed by atoms with Crippen LogP contribution in [0.3, 0.4) is 0 Å². The zero-order chi connectivity index (χ0) is 10.8. The first-order valence-electron chi connectivity index (χ1n) is 5.11. The molecule has 1 aliphatic rings. The highest BCUT2D eigenvalue weighted by molar-refractivity contribution is 5.93. The molecule has 1 saturated carbocycles. The molecule has 0 spiro atoms. The second-order valence-corrected chi connectivity index (χ2v) is 4.02. The van der Waals surface area contributed by atoms with Crippen LogP contribution in [0.4, 0.5) is 0 Å². The van der Waals surface area contributed by atoms with Crippen LogP contribution in [0.2, 0.25) is 0 Å². The van der Waals surface area contributed by atoms with Crippen LogP contribution < -0.4 is 10.9 Å². The molecule has 1 aromatic heterocycles. The van der Waals surface area contributed by atoms with E-state index in [0.29, 0.717) is 11.5 Å². The van der Waals surface area contributed by atoms with Crippen LogP contribution in [0, 0.1) is 5.92 Å². The van der Waals surface area contributed by atoms with Gasteiger partial charge in [-0.05, 0) is 24.8 Å². The molecule has 15 heavy (non-hydrogen) atoms. The number of hydrogen-bond acceptors (Lipinski definition) is 2.